The van der Waals surface area contributed by atoms with Crippen LogP contribution in [0.5, 0.6) is 0 Å². The van der Waals surface area contributed by atoms with Crippen molar-refractivity contribution in [2.75, 3.05) is 13.1 Å². The molecule has 1 aliphatic heterocycles. The first kappa shape index (κ1) is 15.0. The summed E-state index contributed by atoms with van der Waals surface area (Å²) in [5.74, 6) is 1.02. The molecule has 5 nitrogen and oxygen atoms in total. The van der Waals surface area contributed by atoms with E-state index >= 15 is 0 Å². The molecule has 1 fully saturated rings. The lowest BCUT2D eigenvalue weighted by atomic mass is 9.95. The summed E-state index contributed by atoms with van der Waals surface area (Å²) in [6, 6.07) is 0.252. The molecule has 112 valence electrons. The van der Waals surface area contributed by atoms with Crippen LogP contribution < -0.4 is 5.32 Å². The summed E-state index contributed by atoms with van der Waals surface area (Å²) in [6.07, 6.45) is 1.01. The average molecular weight is 279 g/mol. The van der Waals surface area contributed by atoms with E-state index in [-0.39, 0.29) is 17.4 Å². The molecule has 1 aromatic rings. The molecule has 0 spiro atoms. The topological polar surface area (TPSA) is 58.4 Å². The summed E-state index contributed by atoms with van der Waals surface area (Å²) in [4.78, 5) is 14.3. The third-order valence-corrected chi connectivity index (χ3v) is 3.85. The van der Waals surface area contributed by atoms with Crippen LogP contribution in [0.2, 0.25) is 0 Å². The zero-order chi connectivity index (χ0) is 14.9. The highest BCUT2D eigenvalue weighted by Crippen LogP contribution is 2.20. The second-order valence-electron chi connectivity index (χ2n) is 6.75. The molecule has 2 rings (SSSR count). The first-order chi connectivity index (χ1) is 9.27. The maximum Gasteiger partial charge on any atom is 0.225 e. The first-order valence-electron chi connectivity index (χ1n) is 7.22. The molecule has 0 aliphatic carbocycles. The Morgan fingerprint density at radius 2 is 2.15 bits per heavy atom. The van der Waals surface area contributed by atoms with Gasteiger partial charge in [-0.3, -0.25) is 9.69 Å². The quantitative estimate of drug-likeness (QED) is 0.919. The zero-order valence-corrected chi connectivity index (χ0v) is 13.1. The van der Waals surface area contributed by atoms with Crippen LogP contribution in [0.4, 0.5) is 0 Å². The third-order valence-electron chi connectivity index (χ3n) is 3.85. The van der Waals surface area contributed by atoms with Crippen LogP contribution in [0.25, 0.3) is 0 Å². The van der Waals surface area contributed by atoms with Gasteiger partial charge >= 0.3 is 0 Å². The van der Waals surface area contributed by atoms with Crippen molar-refractivity contribution in [3.8, 4) is 0 Å². The van der Waals surface area contributed by atoms with E-state index in [4.69, 9.17) is 4.52 Å². The summed E-state index contributed by atoms with van der Waals surface area (Å²) in [5.41, 5.74) is 1.81. The standard InChI is InChI=1S/C15H25N3O2/c1-10-13(11(2)20-17-10)9-18-7-6-12(8-18)16-14(19)15(3,4)5/h12H,6-9H2,1-5H3,(H,16,19). The number of rotatable bonds is 3. The van der Waals surface area contributed by atoms with E-state index in [0.717, 1.165) is 37.5 Å². The van der Waals surface area contributed by atoms with Gasteiger partial charge < -0.3 is 9.84 Å². The Labute approximate surface area is 120 Å². The van der Waals surface area contributed by atoms with Crippen LogP contribution in [0.15, 0.2) is 4.52 Å². The van der Waals surface area contributed by atoms with Crippen LogP contribution in [-0.4, -0.2) is 35.1 Å². The molecule has 0 radical (unpaired) electrons. The molecule has 1 aliphatic rings. The predicted molar refractivity (Wildman–Crippen MR) is 77.3 cm³/mol. The minimum Gasteiger partial charge on any atom is -0.361 e. The highest BCUT2D eigenvalue weighted by atomic mass is 16.5. The molecule has 1 unspecified atom stereocenters. The number of nitrogens with one attached hydrogen (secondary N) is 1. The van der Waals surface area contributed by atoms with Crippen molar-refractivity contribution in [1.29, 1.82) is 0 Å². The Bertz CT molecular complexity index is 468. The lowest BCUT2D eigenvalue weighted by Crippen LogP contribution is -2.42. The number of aryl methyl sites for hydroxylation is 2. The zero-order valence-electron chi connectivity index (χ0n) is 13.1. The SMILES string of the molecule is Cc1noc(C)c1CN1CCC(NC(=O)C(C)(C)C)C1. The van der Waals surface area contributed by atoms with E-state index in [1.165, 1.54) is 5.56 Å². The molecular formula is C15H25N3O2. The fourth-order valence-corrected chi connectivity index (χ4v) is 2.45. The van der Waals surface area contributed by atoms with E-state index in [1.807, 2.05) is 34.6 Å². The Balaban J connectivity index is 1.89. The van der Waals surface area contributed by atoms with Crippen molar-refractivity contribution in [3.63, 3.8) is 0 Å². The van der Waals surface area contributed by atoms with Crippen LogP contribution in [0.3, 0.4) is 0 Å². The Hall–Kier alpha value is -1.36. The number of hydrogen-bond donors (Lipinski definition) is 1. The van der Waals surface area contributed by atoms with Crippen molar-refractivity contribution in [2.45, 2.75) is 53.6 Å². The Morgan fingerprint density at radius 3 is 2.70 bits per heavy atom. The highest BCUT2D eigenvalue weighted by molar-refractivity contribution is 5.81. The third kappa shape index (κ3) is 3.39. The number of nitrogens with zero attached hydrogens (tertiary/aromatic N) is 2. The van der Waals surface area contributed by atoms with Crippen LogP contribution >= 0.6 is 0 Å². The van der Waals surface area contributed by atoms with E-state index in [1.54, 1.807) is 0 Å². The van der Waals surface area contributed by atoms with Crippen molar-refractivity contribution in [1.82, 2.24) is 15.4 Å². The van der Waals surface area contributed by atoms with Gasteiger partial charge in [-0.1, -0.05) is 25.9 Å². The normalized spacial score (nSPS) is 20.4. The molecule has 1 saturated heterocycles. The number of amides is 1. The fourth-order valence-electron chi connectivity index (χ4n) is 2.45. The van der Waals surface area contributed by atoms with Gasteiger partial charge in [0.05, 0.1) is 5.69 Å². The van der Waals surface area contributed by atoms with Gasteiger partial charge in [-0.05, 0) is 20.3 Å². The van der Waals surface area contributed by atoms with Gasteiger partial charge in [0.2, 0.25) is 5.91 Å². The van der Waals surface area contributed by atoms with Crippen LogP contribution in [-0.2, 0) is 11.3 Å². The first-order valence-corrected chi connectivity index (χ1v) is 7.22. The molecule has 1 N–H and O–H groups in total. The maximum absolute atomic E-state index is 12.0. The molecule has 5 heteroatoms. The van der Waals surface area contributed by atoms with Gasteiger partial charge in [-0.25, -0.2) is 0 Å². The van der Waals surface area contributed by atoms with E-state index in [9.17, 15) is 4.79 Å². The number of carbonyl (C=O) groups is 1. The van der Waals surface area contributed by atoms with Crippen molar-refractivity contribution in [3.05, 3.63) is 17.0 Å². The van der Waals surface area contributed by atoms with Crippen molar-refractivity contribution in [2.24, 2.45) is 5.41 Å². The van der Waals surface area contributed by atoms with Crippen LogP contribution in [0, 0.1) is 19.3 Å². The largest absolute Gasteiger partial charge is 0.361 e. The fraction of sp³-hybridized carbons (Fsp3) is 0.733. The summed E-state index contributed by atoms with van der Waals surface area (Å²) < 4.78 is 5.20. The second kappa shape index (κ2) is 5.56. The summed E-state index contributed by atoms with van der Waals surface area (Å²) in [5, 5.41) is 7.12. The predicted octanol–water partition coefficient (Wildman–Crippen LogP) is 2.03. The molecule has 20 heavy (non-hydrogen) atoms. The molecule has 0 aromatic carbocycles. The molecule has 1 atom stereocenters. The summed E-state index contributed by atoms with van der Waals surface area (Å²) in [7, 11) is 0. The Morgan fingerprint density at radius 1 is 1.45 bits per heavy atom. The second-order valence-corrected chi connectivity index (χ2v) is 6.75. The number of carbonyl (C=O) groups excluding carboxylic acids is 1. The maximum atomic E-state index is 12.0. The van der Waals surface area contributed by atoms with Crippen LogP contribution in [0.1, 0.15) is 44.2 Å². The van der Waals surface area contributed by atoms with E-state index in [0.29, 0.717) is 0 Å². The molecule has 1 aromatic heterocycles. The van der Waals surface area contributed by atoms with Gasteiger partial charge in [0.1, 0.15) is 5.76 Å². The molecule has 1 amide bonds. The smallest absolute Gasteiger partial charge is 0.225 e. The highest BCUT2D eigenvalue weighted by Gasteiger charge is 2.29. The van der Waals surface area contributed by atoms with Gasteiger partial charge in [-0.15, -0.1) is 0 Å². The van der Waals surface area contributed by atoms with E-state index < -0.39 is 0 Å². The molecule has 0 saturated carbocycles. The Kier molecular flexibility index (Phi) is 4.18. The minimum absolute atomic E-state index is 0.127. The lowest BCUT2D eigenvalue weighted by molar-refractivity contribution is -0.129. The lowest BCUT2D eigenvalue weighted by Gasteiger charge is -2.22. The minimum atomic E-state index is -0.324. The molecule has 2 heterocycles. The molecular weight excluding hydrogens is 254 g/mol. The average Bonchev–Trinajstić information content (AvgIpc) is 2.90. The number of likely N-dealkylation sites (tertiary alicyclic amines) is 1. The summed E-state index contributed by atoms with van der Waals surface area (Å²) in [6.45, 7) is 12.5. The van der Waals surface area contributed by atoms with Gasteiger partial charge in [0.25, 0.3) is 0 Å². The van der Waals surface area contributed by atoms with Gasteiger partial charge in [0.15, 0.2) is 0 Å². The number of aromatic nitrogens is 1. The van der Waals surface area contributed by atoms with Crippen molar-refractivity contribution >= 4 is 5.91 Å². The summed E-state index contributed by atoms with van der Waals surface area (Å²) >= 11 is 0. The van der Waals surface area contributed by atoms with Gasteiger partial charge in [-0.2, -0.15) is 0 Å². The number of hydrogen-bond acceptors (Lipinski definition) is 4. The monoisotopic (exact) mass is 279 g/mol. The van der Waals surface area contributed by atoms with Crippen molar-refractivity contribution < 1.29 is 9.32 Å². The molecule has 0 bridgehead atoms. The van der Waals surface area contributed by atoms with Gasteiger partial charge in [0, 0.05) is 36.7 Å². The van der Waals surface area contributed by atoms with E-state index in [2.05, 4.69) is 15.4 Å².